The monoisotopic (exact) mass is 668 g/mol. The lowest BCUT2D eigenvalue weighted by molar-refractivity contribution is 0.474. The predicted octanol–water partition coefficient (Wildman–Crippen LogP) is 8.88. The minimum Gasteiger partial charge on any atom is -0.508 e. The van der Waals surface area contributed by atoms with E-state index in [9.17, 15) is 10.2 Å². The topological polar surface area (TPSA) is 108 Å². The molecule has 48 heavy (non-hydrogen) atoms. The molecule has 1 aliphatic carbocycles. The number of aromatic hydroxyl groups is 2. The molecule has 0 spiro atoms. The molecule has 1 unspecified atom stereocenters. The van der Waals surface area contributed by atoms with E-state index >= 15 is 0 Å². The maximum Gasteiger partial charge on any atom is 0.200 e. The first-order valence-corrected chi connectivity index (χ1v) is 16.6. The van der Waals surface area contributed by atoms with Gasteiger partial charge in [0.1, 0.15) is 11.5 Å². The zero-order valence-electron chi connectivity index (χ0n) is 26.6. The van der Waals surface area contributed by atoms with Crippen molar-refractivity contribution in [3.05, 3.63) is 128 Å². The Labute approximate surface area is 287 Å². The van der Waals surface area contributed by atoms with E-state index in [-0.39, 0.29) is 17.4 Å². The molecule has 1 aliphatic rings. The third-order valence-electron chi connectivity index (χ3n) is 9.47. The minimum atomic E-state index is 0.173. The van der Waals surface area contributed by atoms with Crippen LogP contribution in [-0.4, -0.2) is 39.7 Å². The Morgan fingerprint density at radius 1 is 0.729 bits per heavy atom. The summed E-state index contributed by atoms with van der Waals surface area (Å²) in [5.74, 6) is 1.99. The molecule has 7 aromatic rings. The fraction of sp³-hybridized carbons (Fsp3) is 0.158. The molecule has 4 N–H and O–H groups in total. The number of nitrogens with one attached hydrogen (secondary N) is 2. The van der Waals surface area contributed by atoms with Crippen LogP contribution in [0.15, 0.2) is 84.9 Å². The van der Waals surface area contributed by atoms with Crippen molar-refractivity contribution in [1.82, 2.24) is 29.5 Å². The van der Waals surface area contributed by atoms with Crippen LogP contribution in [-0.2, 0) is 12.8 Å². The highest BCUT2D eigenvalue weighted by Crippen LogP contribution is 2.44. The van der Waals surface area contributed by atoms with Gasteiger partial charge in [-0.1, -0.05) is 42.0 Å². The molecule has 5 aromatic carbocycles. The number of nitrogens with zero attached hydrogens (tertiary/aromatic N) is 4. The van der Waals surface area contributed by atoms with Crippen molar-refractivity contribution in [2.45, 2.75) is 39.5 Å². The molecule has 2 heterocycles. The summed E-state index contributed by atoms with van der Waals surface area (Å²) in [4.78, 5) is 0. The van der Waals surface area contributed by atoms with Crippen molar-refractivity contribution in [2.24, 2.45) is 0 Å². The van der Waals surface area contributed by atoms with Crippen LogP contribution >= 0.6 is 24.4 Å². The molecule has 8 nitrogen and oxygen atoms in total. The summed E-state index contributed by atoms with van der Waals surface area (Å²) >= 11 is 11.5. The number of aromatic nitrogens is 6. The second kappa shape index (κ2) is 11.4. The summed E-state index contributed by atoms with van der Waals surface area (Å²) < 4.78 is 4.97. The van der Waals surface area contributed by atoms with Crippen molar-refractivity contribution in [2.75, 3.05) is 0 Å². The largest absolute Gasteiger partial charge is 0.508 e. The predicted molar refractivity (Wildman–Crippen MR) is 194 cm³/mol. The number of phenols is 2. The number of aryl methyl sites for hydroxylation is 3. The van der Waals surface area contributed by atoms with E-state index in [2.05, 4.69) is 82.8 Å². The van der Waals surface area contributed by atoms with Gasteiger partial charge < -0.3 is 10.2 Å². The van der Waals surface area contributed by atoms with Gasteiger partial charge in [-0.25, -0.2) is 0 Å². The molecule has 0 aliphatic heterocycles. The van der Waals surface area contributed by atoms with E-state index in [1.807, 2.05) is 34.3 Å². The van der Waals surface area contributed by atoms with Crippen LogP contribution < -0.4 is 0 Å². The average molecular weight is 669 g/mol. The molecule has 10 heteroatoms. The number of hydrogen-bond donors (Lipinski definition) is 4. The van der Waals surface area contributed by atoms with Gasteiger partial charge in [0.05, 0.1) is 11.4 Å². The summed E-state index contributed by atoms with van der Waals surface area (Å²) in [6.45, 7) is 6.11. The van der Waals surface area contributed by atoms with Crippen molar-refractivity contribution in [1.29, 1.82) is 0 Å². The maximum atomic E-state index is 10.7. The lowest BCUT2D eigenvalue weighted by Gasteiger charge is -2.17. The van der Waals surface area contributed by atoms with Gasteiger partial charge in [-0.3, -0.25) is 19.3 Å². The van der Waals surface area contributed by atoms with E-state index in [1.54, 1.807) is 18.2 Å². The molecule has 0 saturated carbocycles. The normalized spacial score (nSPS) is 13.9. The SMILES string of the molecule is Cc1ccc(-n2c(-c3ccc(O)cc3CC3Cc4ccc(-n5c(-c6ccc(O)cc6C)n[nH]c5=S)c5cccc3c45)n[nH]c2=S)c(C)c1. The molecule has 8 rings (SSSR count). The van der Waals surface area contributed by atoms with Crippen LogP contribution in [0.5, 0.6) is 11.5 Å². The molecule has 0 fully saturated rings. The fourth-order valence-corrected chi connectivity index (χ4v) is 7.81. The number of hydrogen-bond acceptors (Lipinski definition) is 6. The van der Waals surface area contributed by atoms with Gasteiger partial charge in [0.15, 0.2) is 21.2 Å². The van der Waals surface area contributed by atoms with Gasteiger partial charge in [-0.15, -0.1) is 0 Å². The van der Waals surface area contributed by atoms with E-state index < -0.39 is 0 Å². The first kappa shape index (κ1) is 30.0. The number of rotatable bonds is 6. The molecule has 0 amide bonds. The Morgan fingerprint density at radius 2 is 1.40 bits per heavy atom. The molecule has 1 atom stereocenters. The number of H-pyrrole nitrogens is 2. The first-order chi connectivity index (χ1) is 23.2. The minimum absolute atomic E-state index is 0.173. The lowest BCUT2D eigenvalue weighted by Crippen LogP contribution is -2.06. The number of benzene rings is 5. The van der Waals surface area contributed by atoms with E-state index in [0.717, 1.165) is 51.0 Å². The van der Waals surface area contributed by atoms with Crippen LogP contribution in [0.4, 0.5) is 0 Å². The molecule has 0 radical (unpaired) electrons. The van der Waals surface area contributed by atoms with E-state index in [1.165, 1.54) is 22.1 Å². The number of phenolic OH excluding ortho intramolecular Hbond substituents is 2. The Balaban J connectivity index is 1.22. The van der Waals surface area contributed by atoms with Crippen molar-refractivity contribution in [3.8, 4) is 45.6 Å². The van der Waals surface area contributed by atoms with Crippen molar-refractivity contribution >= 4 is 35.2 Å². The van der Waals surface area contributed by atoms with Crippen molar-refractivity contribution < 1.29 is 10.2 Å². The Bertz CT molecular complexity index is 2540. The molecule has 238 valence electrons. The van der Waals surface area contributed by atoms with E-state index in [0.29, 0.717) is 27.6 Å². The second-order valence-electron chi connectivity index (χ2n) is 12.6. The highest BCUT2D eigenvalue weighted by Gasteiger charge is 2.28. The number of aromatic amines is 2. The van der Waals surface area contributed by atoms with Gasteiger partial charge in [0.25, 0.3) is 0 Å². The van der Waals surface area contributed by atoms with Gasteiger partial charge in [-0.05, 0) is 146 Å². The third kappa shape index (κ3) is 4.87. The smallest absolute Gasteiger partial charge is 0.200 e. The zero-order chi connectivity index (χ0) is 33.3. The Morgan fingerprint density at radius 3 is 2.12 bits per heavy atom. The van der Waals surface area contributed by atoms with Crippen LogP contribution in [0.1, 0.15) is 39.3 Å². The van der Waals surface area contributed by atoms with Gasteiger partial charge in [0.2, 0.25) is 0 Å². The van der Waals surface area contributed by atoms with Crippen LogP contribution in [0.25, 0.3) is 44.9 Å². The molecule has 0 saturated heterocycles. The highest BCUT2D eigenvalue weighted by molar-refractivity contribution is 7.71. The summed E-state index contributed by atoms with van der Waals surface area (Å²) in [6, 6.07) is 27.8. The third-order valence-corrected chi connectivity index (χ3v) is 10.0. The summed E-state index contributed by atoms with van der Waals surface area (Å²) in [5, 5.41) is 38.3. The Kier molecular flexibility index (Phi) is 7.15. The summed E-state index contributed by atoms with van der Waals surface area (Å²) in [5.41, 5.74) is 10.4. The summed E-state index contributed by atoms with van der Waals surface area (Å²) in [7, 11) is 0. The highest BCUT2D eigenvalue weighted by atomic mass is 32.1. The quantitative estimate of drug-likeness (QED) is 0.132. The van der Waals surface area contributed by atoms with Crippen molar-refractivity contribution in [3.63, 3.8) is 0 Å². The zero-order valence-corrected chi connectivity index (χ0v) is 28.2. The molecule has 2 aromatic heterocycles. The van der Waals surface area contributed by atoms with Crippen LogP contribution in [0.2, 0.25) is 0 Å². The Hall–Kier alpha value is -5.32. The van der Waals surface area contributed by atoms with Gasteiger partial charge >= 0.3 is 0 Å². The standard InChI is InChI=1S/C38H32N6O2S2/c1-20-7-13-32(22(3)15-20)43-36(40-41-37(43)47)30-12-10-27(46)19-25(30)18-24-17-23-8-14-33(31-6-4-5-29(24)34(23)31)44-35(39-42-38(44)48)28-11-9-26(45)16-21(28)2/h4-16,19,24,45-46H,17-18H2,1-3H3,(H,41,47)(H,42,48). The van der Waals surface area contributed by atoms with Gasteiger partial charge in [-0.2, -0.15) is 10.2 Å². The summed E-state index contributed by atoms with van der Waals surface area (Å²) in [6.07, 6.45) is 1.55. The first-order valence-electron chi connectivity index (χ1n) is 15.8. The van der Waals surface area contributed by atoms with E-state index in [4.69, 9.17) is 24.4 Å². The van der Waals surface area contributed by atoms with Crippen LogP contribution in [0.3, 0.4) is 0 Å². The second-order valence-corrected chi connectivity index (χ2v) is 13.4. The fourth-order valence-electron chi connectivity index (χ4n) is 7.35. The lowest BCUT2D eigenvalue weighted by atomic mass is 9.90. The average Bonchev–Trinajstić information content (AvgIpc) is 3.73. The molecular formula is C38H32N6O2S2. The van der Waals surface area contributed by atoms with Gasteiger partial charge in [0, 0.05) is 16.5 Å². The maximum absolute atomic E-state index is 10.7. The van der Waals surface area contributed by atoms with Crippen LogP contribution in [0, 0.1) is 30.3 Å². The molecule has 0 bridgehead atoms. The molecular weight excluding hydrogens is 637 g/mol.